The van der Waals surface area contributed by atoms with E-state index in [1.54, 1.807) is 0 Å². The molecule has 23 heavy (non-hydrogen) atoms. The zero-order chi connectivity index (χ0) is 16.1. The lowest BCUT2D eigenvalue weighted by Crippen LogP contribution is -2.44. The van der Waals surface area contributed by atoms with Gasteiger partial charge in [0.25, 0.3) is 0 Å². The first-order valence-electron chi connectivity index (χ1n) is 7.35. The Morgan fingerprint density at radius 2 is 1.83 bits per heavy atom. The van der Waals surface area contributed by atoms with Crippen molar-refractivity contribution in [2.45, 2.75) is 12.6 Å². The van der Waals surface area contributed by atoms with Gasteiger partial charge in [0, 0.05) is 11.0 Å². The third-order valence-electron chi connectivity index (χ3n) is 3.42. The topological polar surface area (TPSA) is 59.6 Å². The Morgan fingerprint density at radius 1 is 1.09 bits per heavy atom. The summed E-state index contributed by atoms with van der Waals surface area (Å²) >= 11 is 3.38. The van der Waals surface area contributed by atoms with E-state index in [0.717, 1.165) is 15.8 Å². The van der Waals surface area contributed by atoms with E-state index in [4.69, 9.17) is 9.47 Å². The molecule has 0 aromatic heterocycles. The largest absolute Gasteiger partial charge is 0.486 e. The minimum Gasteiger partial charge on any atom is -0.486 e. The molecular weight excluding hydrogens is 360 g/mol. The number of nitrogens with one attached hydrogen (secondary N) is 2. The molecule has 0 saturated carbocycles. The summed E-state index contributed by atoms with van der Waals surface area (Å²) in [7, 11) is 0. The molecule has 1 heterocycles. The first kappa shape index (κ1) is 15.7. The molecule has 0 saturated heterocycles. The number of amides is 2. The van der Waals surface area contributed by atoms with E-state index in [1.165, 1.54) is 0 Å². The summed E-state index contributed by atoms with van der Waals surface area (Å²) in [6, 6.07) is 15.1. The second-order valence-corrected chi connectivity index (χ2v) is 6.10. The molecule has 6 heteroatoms. The van der Waals surface area contributed by atoms with Gasteiger partial charge in [0.2, 0.25) is 0 Å². The third-order valence-corrected chi connectivity index (χ3v) is 3.95. The quantitative estimate of drug-likeness (QED) is 0.861. The summed E-state index contributed by atoms with van der Waals surface area (Å²) in [6.07, 6.45) is -0.191. The van der Waals surface area contributed by atoms with Crippen LogP contribution < -0.4 is 20.1 Å². The van der Waals surface area contributed by atoms with Crippen molar-refractivity contribution < 1.29 is 14.3 Å². The van der Waals surface area contributed by atoms with Gasteiger partial charge >= 0.3 is 6.03 Å². The highest BCUT2D eigenvalue weighted by Gasteiger charge is 2.20. The van der Waals surface area contributed by atoms with E-state index < -0.39 is 0 Å². The molecule has 2 N–H and O–H groups in total. The average Bonchev–Trinajstić information content (AvgIpc) is 2.59. The number of hydrogen-bond donors (Lipinski definition) is 2. The maximum Gasteiger partial charge on any atom is 0.315 e. The first-order chi connectivity index (χ1) is 11.2. The smallest absolute Gasteiger partial charge is 0.315 e. The number of rotatable bonds is 4. The number of para-hydroxylation sites is 2. The SMILES string of the molecule is O=C(NCc1ccc(Br)cc1)NCC1COc2ccccc2O1. The zero-order valence-corrected chi connectivity index (χ0v) is 14.0. The summed E-state index contributed by atoms with van der Waals surface area (Å²) in [5.74, 6) is 1.45. The van der Waals surface area contributed by atoms with Crippen LogP contribution in [0.5, 0.6) is 11.5 Å². The number of carbonyl (C=O) groups is 1. The van der Waals surface area contributed by atoms with Crippen molar-refractivity contribution in [2.75, 3.05) is 13.2 Å². The Hall–Kier alpha value is -2.21. The predicted molar refractivity (Wildman–Crippen MR) is 90.7 cm³/mol. The Morgan fingerprint density at radius 3 is 2.61 bits per heavy atom. The second kappa shape index (κ2) is 7.37. The van der Waals surface area contributed by atoms with Gasteiger partial charge in [0.05, 0.1) is 6.54 Å². The van der Waals surface area contributed by atoms with E-state index in [0.29, 0.717) is 25.4 Å². The summed E-state index contributed by atoms with van der Waals surface area (Å²) in [5.41, 5.74) is 1.04. The number of halogens is 1. The van der Waals surface area contributed by atoms with Gasteiger partial charge in [-0.2, -0.15) is 0 Å². The van der Waals surface area contributed by atoms with Crippen molar-refractivity contribution >= 4 is 22.0 Å². The molecule has 1 aliphatic heterocycles. The molecule has 5 nitrogen and oxygen atoms in total. The minimum atomic E-state index is -0.227. The molecule has 1 unspecified atom stereocenters. The van der Waals surface area contributed by atoms with Gasteiger partial charge in [-0.05, 0) is 29.8 Å². The Bertz CT molecular complexity index is 676. The normalized spacial score (nSPS) is 15.8. The Balaban J connectivity index is 1.42. The van der Waals surface area contributed by atoms with Crippen molar-refractivity contribution in [3.63, 3.8) is 0 Å². The molecular formula is C17H17BrN2O3. The lowest BCUT2D eigenvalue weighted by molar-refractivity contribution is 0.0918. The molecule has 2 aromatic carbocycles. The molecule has 1 aliphatic rings. The van der Waals surface area contributed by atoms with Crippen LogP contribution in [0.1, 0.15) is 5.56 Å². The molecule has 1 atom stereocenters. The summed E-state index contributed by atoms with van der Waals surface area (Å²) < 4.78 is 12.4. The molecule has 0 spiro atoms. The highest BCUT2D eigenvalue weighted by atomic mass is 79.9. The Labute approximate surface area is 143 Å². The van der Waals surface area contributed by atoms with Gasteiger partial charge in [-0.25, -0.2) is 4.79 Å². The van der Waals surface area contributed by atoms with Gasteiger partial charge in [0.15, 0.2) is 17.6 Å². The first-order valence-corrected chi connectivity index (χ1v) is 8.14. The van der Waals surface area contributed by atoms with Crippen molar-refractivity contribution in [3.05, 3.63) is 58.6 Å². The van der Waals surface area contributed by atoms with Crippen LogP contribution in [-0.2, 0) is 6.54 Å². The fourth-order valence-corrected chi connectivity index (χ4v) is 2.48. The van der Waals surface area contributed by atoms with Gasteiger partial charge in [0.1, 0.15) is 6.61 Å². The molecule has 0 fully saturated rings. The standard InChI is InChI=1S/C17H17BrN2O3/c18-13-7-5-12(6-8-13)9-19-17(21)20-10-14-11-22-15-3-1-2-4-16(15)23-14/h1-8,14H,9-11H2,(H2,19,20,21). The monoisotopic (exact) mass is 376 g/mol. The van der Waals surface area contributed by atoms with E-state index in [9.17, 15) is 4.79 Å². The third kappa shape index (κ3) is 4.39. The number of fused-ring (bicyclic) bond motifs is 1. The van der Waals surface area contributed by atoms with Crippen molar-refractivity contribution in [1.82, 2.24) is 10.6 Å². The fraction of sp³-hybridized carbons (Fsp3) is 0.235. The van der Waals surface area contributed by atoms with E-state index in [-0.39, 0.29) is 12.1 Å². The molecule has 0 bridgehead atoms. The van der Waals surface area contributed by atoms with Crippen LogP contribution in [-0.4, -0.2) is 25.3 Å². The number of urea groups is 1. The highest BCUT2D eigenvalue weighted by Crippen LogP contribution is 2.30. The maximum absolute atomic E-state index is 11.8. The molecule has 2 amide bonds. The Kier molecular flexibility index (Phi) is 5.02. The van der Waals surface area contributed by atoms with Gasteiger partial charge in [-0.3, -0.25) is 0 Å². The summed E-state index contributed by atoms with van der Waals surface area (Å²) in [5, 5.41) is 5.62. The van der Waals surface area contributed by atoms with Crippen LogP contribution in [0.15, 0.2) is 53.0 Å². The average molecular weight is 377 g/mol. The van der Waals surface area contributed by atoms with Gasteiger partial charge in [-0.15, -0.1) is 0 Å². The molecule has 3 rings (SSSR count). The highest BCUT2D eigenvalue weighted by molar-refractivity contribution is 9.10. The van der Waals surface area contributed by atoms with Crippen LogP contribution in [0.2, 0.25) is 0 Å². The van der Waals surface area contributed by atoms with Gasteiger partial charge < -0.3 is 20.1 Å². The molecule has 120 valence electrons. The number of benzene rings is 2. The van der Waals surface area contributed by atoms with Crippen molar-refractivity contribution in [2.24, 2.45) is 0 Å². The van der Waals surface area contributed by atoms with Crippen LogP contribution in [0.3, 0.4) is 0 Å². The van der Waals surface area contributed by atoms with E-state index in [1.807, 2.05) is 48.5 Å². The van der Waals surface area contributed by atoms with E-state index >= 15 is 0 Å². The van der Waals surface area contributed by atoms with E-state index in [2.05, 4.69) is 26.6 Å². The van der Waals surface area contributed by atoms with Crippen LogP contribution in [0.25, 0.3) is 0 Å². The minimum absolute atomic E-state index is 0.191. The molecule has 0 aliphatic carbocycles. The summed E-state index contributed by atoms with van der Waals surface area (Å²) in [6.45, 7) is 1.29. The lowest BCUT2D eigenvalue weighted by atomic mass is 10.2. The van der Waals surface area contributed by atoms with Crippen LogP contribution in [0.4, 0.5) is 4.79 Å². The number of ether oxygens (including phenoxy) is 2. The lowest BCUT2D eigenvalue weighted by Gasteiger charge is -2.26. The maximum atomic E-state index is 11.8. The molecule has 2 aromatic rings. The zero-order valence-electron chi connectivity index (χ0n) is 12.4. The number of carbonyl (C=O) groups excluding carboxylic acids is 1. The second-order valence-electron chi connectivity index (χ2n) is 5.19. The van der Waals surface area contributed by atoms with Crippen LogP contribution >= 0.6 is 15.9 Å². The predicted octanol–water partition coefficient (Wildman–Crippen LogP) is 3.09. The van der Waals surface area contributed by atoms with Gasteiger partial charge in [-0.1, -0.05) is 40.2 Å². The fourth-order valence-electron chi connectivity index (χ4n) is 2.22. The summed E-state index contributed by atoms with van der Waals surface area (Å²) in [4.78, 5) is 11.8. The molecule has 0 radical (unpaired) electrons. The van der Waals surface area contributed by atoms with Crippen molar-refractivity contribution in [3.8, 4) is 11.5 Å². The number of hydrogen-bond acceptors (Lipinski definition) is 3. The van der Waals surface area contributed by atoms with Crippen molar-refractivity contribution in [1.29, 1.82) is 0 Å². The van der Waals surface area contributed by atoms with Crippen LogP contribution in [0, 0.1) is 0 Å².